The number of carbonyl (C=O) groups is 1. The van der Waals surface area contributed by atoms with E-state index in [1.165, 1.54) is 0 Å². The molecule has 0 aliphatic carbocycles. The van der Waals surface area contributed by atoms with E-state index in [4.69, 9.17) is 5.11 Å². The number of aromatic nitrogens is 2. The van der Waals surface area contributed by atoms with E-state index >= 15 is 0 Å². The van der Waals surface area contributed by atoms with Crippen LogP contribution in [0.4, 0.5) is 0 Å². The third kappa shape index (κ3) is 2.54. The Morgan fingerprint density at radius 1 is 1.39 bits per heavy atom. The fourth-order valence-corrected chi connectivity index (χ4v) is 2.10. The van der Waals surface area contributed by atoms with Gasteiger partial charge in [-0.05, 0) is 6.07 Å². The minimum Gasteiger partial charge on any atom is -0.505 e. The molecule has 0 saturated carbocycles. The van der Waals surface area contributed by atoms with Gasteiger partial charge in [-0.15, -0.1) is 0 Å². The molecule has 1 aliphatic rings. The zero-order chi connectivity index (χ0) is 13.1. The Morgan fingerprint density at radius 3 is 2.61 bits per heavy atom. The van der Waals surface area contributed by atoms with Gasteiger partial charge in [0.1, 0.15) is 6.10 Å². The van der Waals surface area contributed by atoms with E-state index in [2.05, 4.69) is 14.7 Å². The van der Waals surface area contributed by atoms with Crippen LogP contribution >= 0.6 is 11.8 Å². The Hall–Kier alpha value is -1.80. The van der Waals surface area contributed by atoms with Gasteiger partial charge in [0.25, 0.3) is 0 Å². The Kier molecular flexibility index (Phi) is 3.68. The van der Waals surface area contributed by atoms with E-state index in [1.807, 2.05) is 0 Å². The molecule has 0 spiro atoms. The minimum atomic E-state index is -1.24. The third-order valence-corrected chi connectivity index (χ3v) is 3.19. The van der Waals surface area contributed by atoms with E-state index in [1.54, 1.807) is 18.5 Å². The van der Waals surface area contributed by atoms with Crippen LogP contribution < -0.4 is 0 Å². The predicted molar refractivity (Wildman–Crippen MR) is 60.9 cm³/mol. The number of aliphatic hydroxyl groups excluding tert-OH is 3. The van der Waals surface area contributed by atoms with Crippen molar-refractivity contribution in [2.75, 3.05) is 5.75 Å². The summed E-state index contributed by atoms with van der Waals surface area (Å²) < 4.78 is 4.62. The van der Waals surface area contributed by atoms with Crippen molar-refractivity contribution in [3.8, 4) is 0 Å². The topological polar surface area (TPSA) is 113 Å². The molecule has 1 aromatic heterocycles. The largest absolute Gasteiger partial charge is 0.505 e. The van der Waals surface area contributed by atoms with Crippen LogP contribution in [-0.4, -0.2) is 49.2 Å². The molecule has 96 valence electrons. The summed E-state index contributed by atoms with van der Waals surface area (Å²) in [5.74, 6) is -2.45. The van der Waals surface area contributed by atoms with Crippen molar-refractivity contribution in [2.24, 2.45) is 0 Å². The molecule has 0 amide bonds. The summed E-state index contributed by atoms with van der Waals surface area (Å²) in [4.78, 5) is 18.8. The van der Waals surface area contributed by atoms with Crippen LogP contribution in [0.15, 0.2) is 35.1 Å². The molecule has 18 heavy (non-hydrogen) atoms. The lowest BCUT2D eigenvalue weighted by Gasteiger charge is -2.16. The summed E-state index contributed by atoms with van der Waals surface area (Å²) in [6.07, 6.45) is 0.710. The molecule has 2 atom stereocenters. The van der Waals surface area contributed by atoms with Gasteiger partial charge in [-0.3, -0.25) is 0 Å². The lowest BCUT2D eigenvalue weighted by molar-refractivity contribution is -0.146. The molecule has 1 aliphatic heterocycles. The normalized spacial score (nSPS) is 20.9. The maximum absolute atomic E-state index is 10.9. The SMILES string of the molecule is O=C1OC(C(O)CSc2ncccn2)C(O)=C1O. The van der Waals surface area contributed by atoms with Crippen molar-refractivity contribution in [1.29, 1.82) is 0 Å². The Bertz CT molecular complexity index is 478. The molecular weight excluding hydrogens is 260 g/mol. The molecule has 0 saturated heterocycles. The first-order valence-corrected chi connectivity index (χ1v) is 5.99. The first-order valence-electron chi connectivity index (χ1n) is 5.00. The lowest BCUT2D eigenvalue weighted by Crippen LogP contribution is -2.30. The van der Waals surface area contributed by atoms with Crippen molar-refractivity contribution in [3.63, 3.8) is 0 Å². The maximum Gasteiger partial charge on any atom is 0.377 e. The summed E-state index contributed by atoms with van der Waals surface area (Å²) in [6.45, 7) is 0. The predicted octanol–water partition coefficient (Wildman–Crippen LogP) is 0.183. The molecule has 0 bridgehead atoms. The van der Waals surface area contributed by atoms with Crippen molar-refractivity contribution in [2.45, 2.75) is 17.4 Å². The maximum atomic E-state index is 10.9. The van der Waals surface area contributed by atoms with Crippen molar-refractivity contribution in [3.05, 3.63) is 30.0 Å². The number of ether oxygens (including phenoxy) is 1. The summed E-state index contributed by atoms with van der Waals surface area (Å²) >= 11 is 1.14. The highest BCUT2D eigenvalue weighted by Crippen LogP contribution is 2.24. The molecule has 2 heterocycles. The van der Waals surface area contributed by atoms with Crippen molar-refractivity contribution in [1.82, 2.24) is 9.97 Å². The molecule has 3 N–H and O–H groups in total. The van der Waals surface area contributed by atoms with E-state index in [0.717, 1.165) is 11.8 Å². The van der Waals surface area contributed by atoms with Gasteiger partial charge in [-0.1, -0.05) is 11.8 Å². The highest BCUT2D eigenvalue weighted by atomic mass is 32.2. The zero-order valence-corrected chi connectivity index (χ0v) is 9.87. The first-order chi connectivity index (χ1) is 8.59. The summed E-state index contributed by atoms with van der Waals surface area (Å²) in [7, 11) is 0. The summed E-state index contributed by atoms with van der Waals surface area (Å²) in [5, 5.41) is 28.7. The molecule has 8 heteroatoms. The molecule has 1 aromatic rings. The number of cyclic esters (lactones) is 1. The van der Waals surface area contributed by atoms with Crippen molar-refractivity contribution < 1.29 is 24.9 Å². The van der Waals surface area contributed by atoms with E-state index in [0.29, 0.717) is 5.16 Å². The summed E-state index contributed by atoms with van der Waals surface area (Å²) in [5.41, 5.74) is 0. The standard InChI is InChI=1S/C10H10N2O5S/c13-5(4-18-10-11-2-1-3-12-10)8-6(14)7(15)9(16)17-8/h1-3,5,8,13-15H,4H2. The number of hydrogen-bond acceptors (Lipinski definition) is 8. The highest BCUT2D eigenvalue weighted by Gasteiger charge is 2.39. The second-order valence-electron chi connectivity index (χ2n) is 3.47. The Labute approximate surface area is 106 Å². The molecule has 0 aromatic carbocycles. The Morgan fingerprint density at radius 2 is 2.06 bits per heavy atom. The molecule has 0 fully saturated rings. The number of hydrogen-bond donors (Lipinski definition) is 3. The van der Waals surface area contributed by atoms with Crippen LogP contribution in [0.25, 0.3) is 0 Å². The van der Waals surface area contributed by atoms with Gasteiger partial charge in [0.2, 0.25) is 5.76 Å². The smallest absolute Gasteiger partial charge is 0.377 e. The van der Waals surface area contributed by atoms with Crippen LogP contribution in [0.1, 0.15) is 0 Å². The number of aliphatic hydroxyl groups is 3. The van der Waals surface area contributed by atoms with Crippen LogP contribution in [0, 0.1) is 0 Å². The number of rotatable bonds is 4. The lowest BCUT2D eigenvalue weighted by atomic mass is 10.2. The first kappa shape index (κ1) is 12.7. The van der Waals surface area contributed by atoms with E-state index in [-0.39, 0.29) is 5.75 Å². The fourth-order valence-electron chi connectivity index (χ4n) is 1.33. The van der Waals surface area contributed by atoms with Gasteiger partial charge in [0.05, 0.1) is 0 Å². The molecule has 2 unspecified atom stereocenters. The van der Waals surface area contributed by atoms with E-state index < -0.39 is 29.7 Å². The van der Waals surface area contributed by atoms with Gasteiger partial charge in [-0.25, -0.2) is 14.8 Å². The van der Waals surface area contributed by atoms with Gasteiger partial charge in [0, 0.05) is 18.1 Å². The number of nitrogens with zero attached hydrogens (tertiary/aromatic N) is 2. The molecule has 7 nitrogen and oxygen atoms in total. The van der Waals surface area contributed by atoms with Crippen LogP contribution in [0.2, 0.25) is 0 Å². The third-order valence-electron chi connectivity index (χ3n) is 2.21. The molecule has 2 rings (SSSR count). The monoisotopic (exact) mass is 270 g/mol. The summed E-state index contributed by atoms with van der Waals surface area (Å²) in [6, 6.07) is 1.66. The minimum absolute atomic E-state index is 0.110. The van der Waals surface area contributed by atoms with Gasteiger partial charge in [0.15, 0.2) is 17.0 Å². The van der Waals surface area contributed by atoms with E-state index in [9.17, 15) is 15.0 Å². The second kappa shape index (κ2) is 5.23. The quantitative estimate of drug-likeness (QED) is 0.403. The number of thioether (sulfide) groups is 1. The van der Waals surface area contributed by atoms with Crippen LogP contribution in [0.5, 0.6) is 0 Å². The van der Waals surface area contributed by atoms with Gasteiger partial charge >= 0.3 is 5.97 Å². The molecule has 0 radical (unpaired) electrons. The Balaban J connectivity index is 1.94. The average molecular weight is 270 g/mol. The second-order valence-corrected chi connectivity index (χ2v) is 4.46. The average Bonchev–Trinajstić information content (AvgIpc) is 2.65. The van der Waals surface area contributed by atoms with Gasteiger partial charge in [-0.2, -0.15) is 0 Å². The molecular formula is C10H10N2O5S. The van der Waals surface area contributed by atoms with Gasteiger partial charge < -0.3 is 20.1 Å². The van der Waals surface area contributed by atoms with Crippen LogP contribution in [0.3, 0.4) is 0 Å². The van der Waals surface area contributed by atoms with Crippen LogP contribution in [-0.2, 0) is 9.53 Å². The van der Waals surface area contributed by atoms with Crippen molar-refractivity contribution >= 4 is 17.7 Å². The number of carbonyl (C=O) groups excluding carboxylic acids is 1. The fraction of sp³-hybridized carbons (Fsp3) is 0.300. The number of esters is 1. The highest BCUT2D eigenvalue weighted by molar-refractivity contribution is 7.99. The zero-order valence-electron chi connectivity index (χ0n) is 9.05.